The van der Waals surface area contributed by atoms with Crippen molar-refractivity contribution in [3.63, 3.8) is 0 Å². The fourth-order valence-electron chi connectivity index (χ4n) is 2.31. The molecule has 1 amide bonds. The topological polar surface area (TPSA) is 93.2 Å². The quantitative estimate of drug-likeness (QED) is 0.174. The van der Waals surface area contributed by atoms with Crippen LogP contribution in [-0.4, -0.2) is 58.1 Å². The van der Waals surface area contributed by atoms with Gasteiger partial charge in [0.25, 0.3) is 0 Å². The predicted octanol–water partition coefficient (Wildman–Crippen LogP) is 3.30. The van der Waals surface area contributed by atoms with Gasteiger partial charge in [0.05, 0.1) is 13.7 Å². The number of halogens is 1. The number of guanidine groups is 1. The van der Waals surface area contributed by atoms with Crippen LogP contribution in [0.15, 0.2) is 29.3 Å². The molecule has 0 saturated carbocycles. The molecule has 0 aliphatic carbocycles. The molecular weight excluding hydrogens is 499 g/mol. The maximum Gasteiger partial charge on any atom is 0.407 e. The molecule has 1 aromatic carbocycles. The highest BCUT2D eigenvalue weighted by Crippen LogP contribution is 2.11. The summed E-state index contributed by atoms with van der Waals surface area (Å²) in [6, 6.07) is 7.86. The van der Waals surface area contributed by atoms with Gasteiger partial charge in [-0.1, -0.05) is 12.1 Å². The van der Waals surface area contributed by atoms with E-state index in [1.165, 1.54) is 0 Å². The van der Waals surface area contributed by atoms with E-state index in [2.05, 4.69) is 20.9 Å². The summed E-state index contributed by atoms with van der Waals surface area (Å²) in [7, 11) is 3.39. The third kappa shape index (κ3) is 14.3. The second-order valence-corrected chi connectivity index (χ2v) is 7.46. The normalized spacial score (nSPS) is 11.3. The lowest BCUT2D eigenvalue weighted by Gasteiger charge is -2.19. The number of carbonyl (C=O) groups is 1. The van der Waals surface area contributed by atoms with E-state index in [1.54, 1.807) is 14.2 Å². The van der Waals surface area contributed by atoms with Crippen LogP contribution in [-0.2, 0) is 16.1 Å². The molecule has 8 nitrogen and oxygen atoms in total. The Bertz CT molecular complexity index is 618. The van der Waals surface area contributed by atoms with Crippen molar-refractivity contribution in [1.82, 2.24) is 16.0 Å². The Morgan fingerprint density at radius 2 is 1.60 bits per heavy atom. The Kier molecular flexibility index (Phi) is 15.1. The average Bonchev–Trinajstić information content (AvgIpc) is 2.67. The molecular formula is C21H37IN4O4. The number of rotatable bonds is 11. The maximum atomic E-state index is 11.6. The van der Waals surface area contributed by atoms with Gasteiger partial charge >= 0.3 is 6.09 Å². The molecule has 3 N–H and O–H groups in total. The van der Waals surface area contributed by atoms with Crippen molar-refractivity contribution in [2.45, 2.75) is 45.8 Å². The molecule has 0 heterocycles. The van der Waals surface area contributed by atoms with Crippen molar-refractivity contribution in [1.29, 1.82) is 0 Å². The van der Waals surface area contributed by atoms with Gasteiger partial charge < -0.3 is 30.2 Å². The second-order valence-electron chi connectivity index (χ2n) is 7.46. The zero-order valence-electron chi connectivity index (χ0n) is 18.7. The zero-order chi connectivity index (χ0) is 21.5. The van der Waals surface area contributed by atoms with Gasteiger partial charge in [0.2, 0.25) is 0 Å². The number of methoxy groups -OCH3 is 1. The summed E-state index contributed by atoms with van der Waals surface area (Å²) in [4.78, 5) is 15.7. The number of hydrogen-bond acceptors (Lipinski definition) is 5. The van der Waals surface area contributed by atoms with E-state index in [4.69, 9.17) is 14.2 Å². The number of benzene rings is 1. The lowest BCUT2D eigenvalue weighted by atomic mass is 10.2. The number of hydrogen-bond donors (Lipinski definition) is 3. The molecule has 0 radical (unpaired) electrons. The predicted molar refractivity (Wildman–Crippen MR) is 131 cm³/mol. The number of nitrogens with one attached hydrogen (secondary N) is 3. The van der Waals surface area contributed by atoms with Crippen molar-refractivity contribution in [3.05, 3.63) is 29.8 Å². The van der Waals surface area contributed by atoms with Crippen LogP contribution in [0.1, 0.15) is 39.2 Å². The molecule has 0 atom stereocenters. The number of nitrogens with zero attached hydrogens (tertiary/aromatic N) is 1. The molecule has 0 bridgehead atoms. The monoisotopic (exact) mass is 536 g/mol. The van der Waals surface area contributed by atoms with Crippen LogP contribution in [0.4, 0.5) is 4.79 Å². The third-order valence-electron chi connectivity index (χ3n) is 3.72. The minimum Gasteiger partial charge on any atom is -0.497 e. The van der Waals surface area contributed by atoms with Crippen LogP contribution >= 0.6 is 24.0 Å². The zero-order valence-corrected chi connectivity index (χ0v) is 21.1. The summed E-state index contributed by atoms with van der Waals surface area (Å²) in [6.45, 7) is 8.77. The molecule has 0 spiro atoms. The van der Waals surface area contributed by atoms with Gasteiger partial charge in [-0.05, 0) is 51.3 Å². The first-order chi connectivity index (χ1) is 13.8. The summed E-state index contributed by atoms with van der Waals surface area (Å²) in [5.41, 5.74) is 0.642. The molecule has 1 aromatic rings. The van der Waals surface area contributed by atoms with Crippen LogP contribution in [0, 0.1) is 0 Å². The number of amides is 1. The summed E-state index contributed by atoms with van der Waals surface area (Å²) < 4.78 is 16.0. The molecule has 1 rings (SSSR count). The van der Waals surface area contributed by atoms with Crippen molar-refractivity contribution in [3.8, 4) is 5.75 Å². The lowest BCUT2D eigenvalue weighted by Crippen LogP contribution is -2.39. The van der Waals surface area contributed by atoms with Gasteiger partial charge in [0.1, 0.15) is 11.4 Å². The molecule has 0 saturated heterocycles. The van der Waals surface area contributed by atoms with Crippen LogP contribution in [0.3, 0.4) is 0 Å². The molecule has 0 aliphatic heterocycles. The van der Waals surface area contributed by atoms with E-state index in [-0.39, 0.29) is 24.0 Å². The van der Waals surface area contributed by atoms with Crippen molar-refractivity contribution < 1.29 is 19.0 Å². The van der Waals surface area contributed by atoms with Gasteiger partial charge in [0.15, 0.2) is 5.96 Å². The number of aliphatic imine (C=N–C) groups is 1. The highest BCUT2D eigenvalue weighted by Gasteiger charge is 2.15. The Morgan fingerprint density at radius 3 is 2.17 bits per heavy atom. The fraction of sp³-hybridized carbons (Fsp3) is 0.619. The average molecular weight is 536 g/mol. The minimum atomic E-state index is -0.480. The molecule has 0 aromatic heterocycles. The standard InChI is InChI=1S/C21H36N4O4.HI/c1-21(2,3)29-20(26)25-13-6-12-23-19(22-4)24-14-7-15-28-16-17-8-10-18(27-5)11-9-17;/h8-11H,6-7,12-16H2,1-5H3,(H,25,26)(H2,22,23,24);1H. The van der Waals surface area contributed by atoms with E-state index < -0.39 is 11.7 Å². The van der Waals surface area contributed by atoms with Gasteiger partial charge in [0, 0.05) is 33.3 Å². The molecule has 0 fully saturated rings. The Hall–Kier alpha value is -1.75. The van der Waals surface area contributed by atoms with E-state index in [9.17, 15) is 4.79 Å². The highest BCUT2D eigenvalue weighted by atomic mass is 127. The van der Waals surface area contributed by atoms with Gasteiger partial charge in [-0.2, -0.15) is 0 Å². The van der Waals surface area contributed by atoms with Crippen LogP contribution in [0.2, 0.25) is 0 Å². The van der Waals surface area contributed by atoms with Crippen LogP contribution in [0.25, 0.3) is 0 Å². The summed E-state index contributed by atoms with van der Waals surface area (Å²) in [6.07, 6.45) is 1.25. The molecule has 30 heavy (non-hydrogen) atoms. The van der Waals surface area contributed by atoms with Crippen LogP contribution in [0.5, 0.6) is 5.75 Å². The molecule has 0 unspecified atom stereocenters. The smallest absolute Gasteiger partial charge is 0.407 e. The maximum absolute atomic E-state index is 11.6. The Labute approximate surface area is 197 Å². The molecule has 9 heteroatoms. The minimum absolute atomic E-state index is 0. The van der Waals surface area contributed by atoms with E-state index in [1.807, 2.05) is 45.0 Å². The largest absolute Gasteiger partial charge is 0.497 e. The fourth-order valence-corrected chi connectivity index (χ4v) is 2.31. The number of alkyl carbamates (subject to hydrolysis) is 1. The summed E-state index contributed by atoms with van der Waals surface area (Å²) in [5, 5.41) is 9.19. The van der Waals surface area contributed by atoms with Crippen LogP contribution < -0.4 is 20.7 Å². The Morgan fingerprint density at radius 1 is 1.00 bits per heavy atom. The molecule has 172 valence electrons. The first-order valence-corrected chi connectivity index (χ1v) is 9.96. The number of ether oxygens (including phenoxy) is 3. The lowest BCUT2D eigenvalue weighted by molar-refractivity contribution is 0.0527. The highest BCUT2D eigenvalue weighted by molar-refractivity contribution is 14.0. The van der Waals surface area contributed by atoms with Crippen molar-refractivity contribution in [2.24, 2.45) is 4.99 Å². The third-order valence-corrected chi connectivity index (χ3v) is 3.72. The summed E-state index contributed by atoms with van der Waals surface area (Å²) >= 11 is 0. The SMILES string of the molecule is CN=C(NCCCNC(=O)OC(C)(C)C)NCCCOCc1ccc(OC)cc1.I. The van der Waals surface area contributed by atoms with E-state index in [0.29, 0.717) is 26.3 Å². The van der Waals surface area contributed by atoms with E-state index >= 15 is 0 Å². The Balaban J connectivity index is 0.00000841. The first kappa shape index (κ1) is 28.2. The number of carbonyl (C=O) groups excluding carboxylic acids is 1. The van der Waals surface area contributed by atoms with E-state index in [0.717, 1.165) is 36.7 Å². The second kappa shape index (κ2) is 16.0. The van der Waals surface area contributed by atoms with Crippen molar-refractivity contribution >= 4 is 36.0 Å². The van der Waals surface area contributed by atoms with Gasteiger partial charge in [-0.15, -0.1) is 24.0 Å². The summed E-state index contributed by atoms with van der Waals surface area (Å²) in [5.74, 6) is 1.58. The van der Waals surface area contributed by atoms with Gasteiger partial charge in [-0.3, -0.25) is 4.99 Å². The van der Waals surface area contributed by atoms with Gasteiger partial charge in [-0.25, -0.2) is 4.79 Å². The molecule has 0 aliphatic rings. The first-order valence-electron chi connectivity index (χ1n) is 9.96. The van der Waals surface area contributed by atoms with Crippen molar-refractivity contribution in [2.75, 3.05) is 40.4 Å².